The molecule has 0 aliphatic rings. The highest BCUT2D eigenvalue weighted by Gasteiger charge is 2.13. The van der Waals surface area contributed by atoms with E-state index in [2.05, 4.69) is 0 Å². The van der Waals surface area contributed by atoms with Crippen molar-refractivity contribution in [1.82, 2.24) is 4.57 Å². The van der Waals surface area contributed by atoms with E-state index in [0.29, 0.717) is 10.9 Å². The van der Waals surface area contributed by atoms with Crippen LogP contribution in [0.15, 0.2) is 48.7 Å². The monoisotopic (exact) mass is 287 g/mol. The Morgan fingerprint density at radius 3 is 2.62 bits per heavy atom. The molecule has 21 heavy (non-hydrogen) atoms. The Labute approximate surface area is 119 Å². The molecule has 1 heterocycles. The van der Waals surface area contributed by atoms with Gasteiger partial charge in [0.1, 0.15) is 0 Å². The standard InChI is InChI=1S/C16H11F2NO2/c17-13-5-1-3-10(15(13)18)9-19-8-7-11-12(16(20)21)4-2-6-14(11)19/h1-8H,9H2,(H,20,21). The van der Waals surface area contributed by atoms with Crippen LogP contribution in [-0.2, 0) is 6.54 Å². The molecule has 5 heteroatoms. The van der Waals surface area contributed by atoms with Crippen LogP contribution in [0.1, 0.15) is 15.9 Å². The summed E-state index contributed by atoms with van der Waals surface area (Å²) in [4.78, 5) is 11.2. The third-order valence-electron chi connectivity index (χ3n) is 3.42. The fraction of sp³-hybridized carbons (Fsp3) is 0.0625. The normalized spacial score (nSPS) is 11.0. The number of carbonyl (C=O) groups is 1. The zero-order chi connectivity index (χ0) is 15.0. The first kappa shape index (κ1) is 13.3. The van der Waals surface area contributed by atoms with Gasteiger partial charge in [0, 0.05) is 22.7 Å². The van der Waals surface area contributed by atoms with Gasteiger partial charge in [-0.1, -0.05) is 18.2 Å². The van der Waals surface area contributed by atoms with Gasteiger partial charge in [0.05, 0.1) is 12.1 Å². The lowest BCUT2D eigenvalue weighted by molar-refractivity contribution is 0.0699. The fourth-order valence-corrected chi connectivity index (χ4v) is 2.40. The van der Waals surface area contributed by atoms with Crippen LogP contribution in [0.5, 0.6) is 0 Å². The number of halogens is 2. The van der Waals surface area contributed by atoms with Crippen molar-refractivity contribution in [2.75, 3.05) is 0 Å². The molecule has 0 amide bonds. The zero-order valence-corrected chi connectivity index (χ0v) is 10.9. The average Bonchev–Trinajstić information content (AvgIpc) is 2.87. The van der Waals surface area contributed by atoms with Gasteiger partial charge in [-0.05, 0) is 24.3 Å². The SMILES string of the molecule is O=C(O)c1cccc2c1ccn2Cc1cccc(F)c1F. The molecule has 3 aromatic rings. The smallest absolute Gasteiger partial charge is 0.336 e. The molecule has 0 aliphatic heterocycles. The van der Waals surface area contributed by atoms with E-state index in [1.807, 2.05) is 0 Å². The summed E-state index contributed by atoms with van der Waals surface area (Å²) in [6.45, 7) is 0.135. The lowest BCUT2D eigenvalue weighted by Gasteiger charge is -2.08. The van der Waals surface area contributed by atoms with Crippen LogP contribution in [0.4, 0.5) is 8.78 Å². The minimum Gasteiger partial charge on any atom is -0.478 e. The van der Waals surface area contributed by atoms with E-state index >= 15 is 0 Å². The quantitative estimate of drug-likeness (QED) is 0.798. The molecule has 3 nitrogen and oxygen atoms in total. The van der Waals surface area contributed by atoms with Crippen LogP contribution in [0.2, 0.25) is 0 Å². The zero-order valence-electron chi connectivity index (χ0n) is 10.9. The predicted octanol–water partition coefficient (Wildman–Crippen LogP) is 3.67. The number of rotatable bonds is 3. The second-order valence-corrected chi connectivity index (χ2v) is 4.70. The summed E-state index contributed by atoms with van der Waals surface area (Å²) >= 11 is 0. The highest BCUT2D eigenvalue weighted by molar-refractivity contribution is 6.02. The molecule has 0 saturated heterocycles. The largest absolute Gasteiger partial charge is 0.478 e. The molecule has 3 rings (SSSR count). The van der Waals surface area contributed by atoms with Crippen LogP contribution >= 0.6 is 0 Å². The Morgan fingerprint density at radius 1 is 1.10 bits per heavy atom. The molecule has 0 atom stereocenters. The first-order valence-electron chi connectivity index (χ1n) is 6.32. The van der Waals surface area contributed by atoms with E-state index in [9.17, 15) is 13.6 Å². The number of hydrogen-bond donors (Lipinski definition) is 1. The Morgan fingerprint density at radius 2 is 1.86 bits per heavy atom. The van der Waals surface area contributed by atoms with Gasteiger partial charge in [0.2, 0.25) is 0 Å². The molecule has 0 radical (unpaired) electrons. The average molecular weight is 287 g/mol. The number of nitrogens with zero attached hydrogens (tertiary/aromatic N) is 1. The number of aromatic carboxylic acids is 1. The molecule has 0 bridgehead atoms. The predicted molar refractivity (Wildman–Crippen MR) is 74.4 cm³/mol. The summed E-state index contributed by atoms with van der Waals surface area (Å²) in [6.07, 6.45) is 1.67. The maximum absolute atomic E-state index is 13.7. The minimum absolute atomic E-state index is 0.135. The molecular formula is C16H11F2NO2. The van der Waals surface area contributed by atoms with Crippen molar-refractivity contribution in [2.24, 2.45) is 0 Å². The molecule has 0 spiro atoms. The van der Waals surface area contributed by atoms with Crippen molar-refractivity contribution in [3.8, 4) is 0 Å². The van der Waals surface area contributed by atoms with Gasteiger partial charge < -0.3 is 9.67 Å². The third kappa shape index (κ3) is 2.27. The summed E-state index contributed by atoms with van der Waals surface area (Å²) < 4.78 is 28.6. The van der Waals surface area contributed by atoms with Crippen molar-refractivity contribution in [2.45, 2.75) is 6.54 Å². The summed E-state index contributed by atoms with van der Waals surface area (Å²) in [5.41, 5.74) is 1.07. The van der Waals surface area contributed by atoms with Crippen LogP contribution in [0, 0.1) is 11.6 Å². The first-order chi connectivity index (χ1) is 10.1. The van der Waals surface area contributed by atoms with Crippen LogP contribution in [0.25, 0.3) is 10.9 Å². The summed E-state index contributed by atoms with van der Waals surface area (Å²) in [6, 6.07) is 10.6. The van der Waals surface area contributed by atoms with E-state index < -0.39 is 17.6 Å². The Balaban J connectivity index is 2.08. The van der Waals surface area contributed by atoms with Crippen molar-refractivity contribution in [1.29, 1.82) is 0 Å². The van der Waals surface area contributed by atoms with Crippen molar-refractivity contribution < 1.29 is 18.7 Å². The number of carboxylic acid groups (broad SMARTS) is 1. The number of fused-ring (bicyclic) bond motifs is 1. The highest BCUT2D eigenvalue weighted by atomic mass is 19.2. The maximum atomic E-state index is 13.7. The molecule has 0 unspecified atom stereocenters. The number of hydrogen-bond acceptors (Lipinski definition) is 1. The van der Waals surface area contributed by atoms with Crippen molar-refractivity contribution in [3.05, 3.63) is 71.4 Å². The van der Waals surface area contributed by atoms with Crippen LogP contribution in [-0.4, -0.2) is 15.6 Å². The van der Waals surface area contributed by atoms with Gasteiger partial charge in [0.15, 0.2) is 11.6 Å². The van der Waals surface area contributed by atoms with E-state index in [0.717, 1.165) is 6.07 Å². The summed E-state index contributed by atoms with van der Waals surface area (Å²) in [5.74, 6) is -2.79. The van der Waals surface area contributed by atoms with E-state index in [-0.39, 0.29) is 17.7 Å². The molecular weight excluding hydrogens is 276 g/mol. The van der Waals surface area contributed by atoms with Gasteiger partial charge >= 0.3 is 5.97 Å². The van der Waals surface area contributed by atoms with Crippen molar-refractivity contribution in [3.63, 3.8) is 0 Å². The lowest BCUT2D eigenvalue weighted by Crippen LogP contribution is -2.03. The Hall–Kier alpha value is -2.69. The molecule has 0 aliphatic carbocycles. The number of benzene rings is 2. The maximum Gasteiger partial charge on any atom is 0.336 e. The number of aromatic nitrogens is 1. The minimum atomic E-state index is -1.02. The number of carboxylic acids is 1. The van der Waals surface area contributed by atoms with Crippen LogP contribution < -0.4 is 0 Å². The fourth-order valence-electron chi connectivity index (χ4n) is 2.40. The molecule has 0 saturated carbocycles. The van der Waals surface area contributed by atoms with E-state index in [1.165, 1.54) is 18.2 Å². The Kier molecular flexibility index (Phi) is 3.17. The van der Waals surface area contributed by atoms with E-state index in [1.54, 1.807) is 29.0 Å². The Bertz CT molecular complexity index is 839. The van der Waals surface area contributed by atoms with Gasteiger partial charge in [-0.2, -0.15) is 0 Å². The summed E-state index contributed by atoms with van der Waals surface area (Å²) in [7, 11) is 0. The van der Waals surface area contributed by atoms with Gasteiger partial charge in [0.25, 0.3) is 0 Å². The van der Waals surface area contributed by atoms with Gasteiger partial charge in [-0.15, -0.1) is 0 Å². The van der Waals surface area contributed by atoms with Crippen LogP contribution in [0.3, 0.4) is 0 Å². The van der Waals surface area contributed by atoms with Gasteiger partial charge in [-0.25, -0.2) is 13.6 Å². The molecule has 106 valence electrons. The topological polar surface area (TPSA) is 42.2 Å². The highest BCUT2D eigenvalue weighted by Crippen LogP contribution is 2.22. The second-order valence-electron chi connectivity index (χ2n) is 4.70. The molecule has 2 aromatic carbocycles. The third-order valence-corrected chi connectivity index (χ3v) is 3.42. The molecule has 0 fully saturated rings. The first-order valence-corrected chi connectivity index (χ1v) is 6.32. The van der Waals surface area contributed by atoms with Gasteiger partial charge in [-0.3, -0.25) is 0 Å². The molecule has 1 aromatic heterocycles. The molecule has 1 N–H and O–H groups in total. The van der Waals surface area contributed by atoms with E-state index in [4.69, 9.17) is 5.11 Å². The second kappa shape index (κ2) is 5.01. The van der Waals surface area contributed by atoms with Crippen molar-refractivity contribution >= 4 is 16.9 Å². The lowest BCUT2D eigenvalue weighted by atomic mass is 10.1. The summed E-state index contributed by atoms with van der Waals surface area (Å²) in [5, 5.41) is 9.71.